The molecule has 0 spiro atoms. The topological polar surface area (TPSA) is 73.9 Å². The van der Waals surface area contributed by atoms with Crippen LogP contribution in [-0.4, -0.2) is 38.4 Å². The van der Waals surface area contributed by atoms with Crippen molar-refractivity contribution in [1.29, 1.82) is 0 Å². The van der Waals surface area contributed by atoms with E-state index in [1.807, 2.05) is 0 Å². The maximum atomic E-state index is 12.0. The van der Waals surface area contributed by atoms with Crippen LogP contribution >= 0.6 is 0 Å². The van der Waals surface area contributed by atoms with Crippen LogP contribution in [0, 0.1) is 0 Å². The van der Waals surface area contributed by atoms with E-state index in [1.165, 1.54) is 31.4 Å². The number of methoxy groups -OCH3 is 1. The van der Waals surface area contributed by atoms with E-state index in [2.05, 4.69) is 10.1 Å². The molecule has 28 heavy (non-hydrogen) atoms. The van der Waals surface area contributed by atoms with Crippen LogP contribution in [0.5, 0.6) is 5.75 Å². The Labute approximate surface area is 159 Å². The molecule has 1 amide bonds. The van der Waals surface area contributed by atoms with Crippen molar-refractivity contribution in [2.75, 3.05) is 25.6 Å². The van der Waals surface area contributed by atoms with Gasteiger partial charge in [-0.1, -0.05) is 18.2 Å². The first kappa shape index (κ1) is 21.2. The Kier molecular flexibility index (Phi) is 7.39. The zero-order valence-electron chi connectivity index (χ0n) is 14.9. The Hall–Kier alpha value is -3.07. The Morgan fingerprint density at radius 3 is 2.43 bits per heavy atom. The number of carbonyl (C=O) groups excluding carboxylic acids is 2. The SMILES string of the molecule is COc1cccc(NC(=O)COC(=O)c2ccc(COCC(F)(F)F)cc2)c1. The van der Waals surface area contributed by atoms with E-state index in [4.69, 9.17) is 9.47 Å². The van der Waals surface area contributed by atoms with Crippen LogP contribution in [0.15, 0.2) is 48.5 Å². The normalized spacial score (nSPS) is 11.0. The molecular formula is C19H18F3NO5. The van der Waals surface area contributed by atoms with Crippen LogP contribution in [0.3, 0.4) is 0 Å². The van der Waals surface area contributed by atoms with Crippen molar-refractivity contribution in [2.45, 2.75) is 12.8 Å². The number of hydrogen-bond acceptors (Lipinski definition) is 5. The molecule has 0 unspecified atom stereocenters. The van der Waals surface area contributed by atoms with Crippen molar-refractivity contribution < 1.29 is 37.0 Å². The predicted octanol–water partition coefficient (Wildman–Crippen LogP) is 3.57. The minimum absolute atomic E-state index is 0.161. The van der Waals surface area contributed by atoms with Crippen molar-refractivity contribution in [1.82, 2.24) is 0 Å². The van der Waals surface area contributed by atoms with Gasteiger partial charge in [-0.15, -0.1) is 0 Å². The molecule has 0 saturated carbocycles. The van der Waals surface area contributed by atoms with Gasteiger partial charge in [0.15, 0.2) is 6.61 Å². The predicted molar refractivity (Wildman–Crippen MR) is 94.1 cm³/mol. The molecule has 0 fully saturated rings. The lowest BCUT2D eigenvalue weighted by Gasteiger charge is -2.09. The van der Waals surface area contributed by atoms with Gasteiger partial charge in [-0.25, -0.2) is 4.79 Å². The Morgan fingerprint density at radius 1 is 1.07 bits per heavy atom. The second kappa shape index (κ2) is 9.75. The monoisotopic (exact) mass is 397 g/mol. The summed E-state index contributed by atoms with van der Waals surface area (Å²) in [7, 11) is 1.50. The quantitative estimate of drug-likeness (QED) is 0.690. The number of rotatable bonds is 8. The van der Waals surface area contributed by atoms with E-state index in [9.17, 15) is 22.8 Å². The number of ether oxygens (including phenoxy) is 3. The van der Waals surface area contributed by atoms with Crippen molar-refractivity contribution in [3.8, 4) is 5.75 Å². The summed E-state index contributed by atoms with van der Waals surface area (Å²) >= 11 is 0. The number of esters is 1. The van der Waals surface area contributed by atoms with E-state index in [0.29, 0.717) is 17.0 Å². The average Bonchev–Trinajstić information content (AvgIpc) is 2.66. The van der Waals surface area contributed by atoms with E-state index in [1.54, 1.807) is 24.3 Å². The standard InChI is InChI=1S/C19H18F3NO5/c1-26-16-4-2-3-15(9-16)23-17(24)11-28-18(25)14-7-5-13(6-8-14)10-27-12-19(20,21)22/h2-9H,10-12H2,1H3,(H,23,24). The molecule has 9 heteroatoms. The van der Waals surface area contributed by atoms with Gasteiger partial charge in [0.05, 0.1) is 19.3 Å². The maximum absolute atomic E-state index is 12.0. The van der Waals surface area contributed by atoms with Crippen molar-refractivity contribution in [2.24, 2.45) is 0 Å². The zero-order chi connectivity index (χ0) is 20.6. The first-order valence-electron chi connectivity index (χ1n) is 8.11. The highest BCUT2D eigenvalue weighted by atomic mass is 19.4. The molecule has 1 N–H and O–H groups in total. The molecule has 150 valence electrons. The minimum Gasteiger partial charge on any atom is -0.497 e. The maximum Gasteiger partial charge on any atom is 0.411 e. The van der Waals surface area contributed by atoms with E-state index >= 15 is 0 Å². The molecule has 0 heterocycles. The summed E-state index contributed by atoms with van der Waals surface area (Å²) < 4.78 is 50.6. The summed E-state index contributed by atoms with van der Waals surface area (Å²) in [6.45, 7) is -2.08. The van der Waals surface area contributed by atoms with Gasteiger partial charge in [-0.05, 0) is 29.8 Å². The highest BCUT2D eigenvalue weighted by Gasteiger charge is 2.27. The average molecular weight is 397 g/mol. The molecule has 2 rings (SSSR count). The van der Waals surface area contributed by atoms with Gasteiger partial charge in [0.2, 0.25) is 0 Å². The summed E-state index contributed by atoms with van der Waals surface area (Å²) in [6.07, 6.45) is -4.39. The Balaban J connectivity index is 1.79. The molecule has 2 aromatic carbocycles. The van der Waals surface area contributed by atoms with Crippen molar-refractivity contribution >= 4 is 17.6 Å². The van der Waals surface area contributed by atoms with Crippen LogP contribution in [0.4, 0.5) is 18.9 Å². The van der Waals surface area contributed by atoms with E-state index < -0.39 is 31.3 Å². The minimum atomic E-state index is -4.39. The fourth-order valence-corrected chi connectivity index (χ4v) is 2.13. The van der Waals surface area contributed by atoms with Gasteiger partial charge in [-0.3, -0.25) is 4.79 Å². The van der Waals surface area contributed by atoms with Crippen LogP contribution in [0.1, 0.15) is 15.9 Å². The van der Waals surface area contributed by atoms with Gasteiger partial charge in [0.25, 0.3) is 5.91 Å². The molecule has 0 atom stereocenters. The van der Waals surface area contributed by atoms with Crippen LogP contribution in [0.2, 0.25) is 0 Å². The van der Waals surface area contributed by atoms with Gasteiger partial charge in [0.1, 0.15) is 12.4 Å². The highest BCUT2D eigenvalue weighted by Crippen LogP contribution is 2.17. The third kappa shape index (κ3) is 7.28. The third-order valence-corrected chi connectivity index (χ3v) is 3.41. The molecule has 6 nitrogen and oxygen atoms in total. The second-order valence-corrected chi connectivity index (χ2v) is 5.66. The third-order valence-electron chi connectivity index (χ3n) is 3.41. The number of alkyl halides is 3. The number of halogens is 3. The number of benzene rings is 2. The first-order chi connectivity index (χ1) is 13.3. The van der Waals surface area contributed by atoms with Crippen LogP contribution in [-0.2, 0) is 20.9 Å². The molecular weight excluding hydrogens is 379 g/mol. The number of carbonyl (C=O) groups is 2. The molecule has 0 bridgehead atoms. The molecule has 0 radical (unpaired) electrons. The van der Waals surface area contributed by atoms with Crippen LogP contribution < -0.4 is 10.1 Å². The summed E-state index contributed by atoms with van der Waals surface area (Å²) in [6, 6.07) is 12.3. The molecule has 0 aliphatic carbocycles. The van der Waals surface area contributed by atoms with Crippen LogP contribution in [0.25, 0.3) is 0 Å². The van der Waals surface area contributed by atoms with Gasteiger partial charge in [0, 0.05) is 11.8 Å². The molecule has 0 aliphatic heterocycles. The lowest BCUT2D eigenvalue weighted by atomic mass is 10.1. The second-order valence-electron chi connectivity index (χ2n) is 5.66. The molecule has 0 saturated heterocycles. The van der Waals surface area contributed by atoms with E-state index in [0.717, 1.165) is 0 Å². The number of anilines is 1. The fraction of sp³-hybridized carbons (Fsp3) is 0.263. The first-order valence-corrected chi connectivity index (χ1v) is 8.11. The molecule has 2 aromatic rings. The van der Waals surface area contributed by atoms with E-state index in [-0.39, 0.29) is 12.2 Å². The molecule has 0 aliphatic rings. The molecule has 0 aromatic heterocycles. The highest BCUT2D eigenvalue weighted by molar-refractivity contribution is 5.95. The number of hydrogen-bond donors (Lipinski definition) is 1. The lowest BCUT2D eigenvalue weighted by Crippen LogP contribution is -2.21. The van der Waals surface area contributed by atoms with Crippen molar-refractivity contribution in [3.05, 3.63) is 59.7 Å². The number of amides is 1. The van der Waals surface area contributed by atoms with Crippen molar-refractivity contribution in [3.63, 3.8) is 0 Å². The summed E-state index contributed by atoms with van der Waals surface area (Å²) in [4.78, 5) is 23.8. The smallest absolute Gasteiger partial charge is 0.411 e. The Morgan fingerprint density at radius 2 is 1.79 bits per heavy atom. The van der Waals surface area contributed by atoms with Gasteiger partial charge in [-0.2, -0.15) is 13.2 Å². The van der Waals surface area contributed by atoms with Gasteiger partial charge < -0.3 is 19.5 Å². The summed E-state index contributed by atoms with van der Waals surface area (Å²) in [5.41, 5.74) is 1.12. The summed E-state index contributed by atoms with van der Waals surface area (Å²) in [5, 5.41) is 2.56. The summed E-state index contributed by atoms with van der Waals surface area (Å²) in [5.74, 6) is -0.698. The largest absolute Gasteiger partial charge is 0.497 e. The lowest BCUT2D eigenvalue weighted by molar-refractivity contribution is -0.176. The fourth-order valence-electron chi connectivity index (χ4n) is 2.13. The zero-order valence-corrected chi connectivity index (χ0v) is 14.9. The Bertz CT molecular complexity index is 806. The number of nitrogens with one attached hydrogen (secondary N) is 1. The van der Waals surface area contributed by atoms with Gasteiger partial charge >= 0.3 is 12.1 Å².